The molecule has 7 nitrogen and oxygen atoms in total. The molecule has 0 aliphatic heterocycles. The van der Waals surface area contributed by atoms with Crippen LogP contribution in [0.5, 0.6) is 0 Å². The summed E-state index contributed by atoms with van der Waals surface area (Å²) in [6, 6.07) is 10.2. The lowest BCUT2D eigenvalue weighted by atomic mass is 10.1. The van der Waals surface area contributed by atoms with E-state index < -0.39 is 5.82 Å². The van der Waals surface area contributed by atoms with Crippen molar-refractivity contribution in [3.05, 3.63) is 58.9 Å². The van der Waals surface area contributed by atoms with Crippen molar-refractivity contribution in [1.29, 1.82) is 0 Å². The normalized spacial score (nSPS) is 10.7. The van der Waals surface area contributed by atoms with E-state index >= 15 is 0 Å². The maximum Gasteiger partial charge on any atom is 0.243 e. The zero-order valence-electron chi connectivity index (χ0n) is 16.9. The largest absolute Gasteiger partial charge is 0.346 e. The zero-order chi connectivity index (χ0) is 21.7. The third-order valence-electron chi connectivity index (χ3n) is 4.31. The molecule has 0 saturated carbocycles. The Labute approximate surface area is 177 Å². The number of anilines is 1. The van der Waals surface area contributed by atoms with Crippen LogP contribution in [0.3, 0.4) is 0 Å². The standard InChI is InChI=1S/C21H22FN5O2S/c1-12-8-13(2)19(14(3)9-12)24-17(28)10-23-18(29)11-30-21-25-20(26-27-21)15-6-4-5-7-16(15)22/h4-9H,10-11H2,1-3H3,(H,23,29)(H,24,28)(H,25,26,27). The third kappa shape index (κ3) is 5.44. The fourth-order valence-corrected chi connectivity index (χ4v) is 3.63. The average molecular weight is 428 g/mol. The fourth-order valence-electron chi connectivity index (χ4n) is 3.01. The van der Waals surface area contributed by atoms with Crippen molar-refractivity contribution in [2.24, 2.45) is 0 Å². The average Bonchev–Trinajstić information content (AvgIpc) is 3.16. The minimum Gasteiger partial charge on any atom is -0.346 e. The van der Waals surface area contributed by atoms with Crippen molar-refractivity contribution >= 4 is 29.3 Å². The number of thioether (sulfide) groups is 1. The van der Waals surface area contributed by atoms with Crippen LogP contribution in [-0.4, -0.2) is 39.3 Å². The molecule has 156 valence electrons. The van der Waals surface area contributed by atoms with Gasteiger partial charge in [0.05, 0.1) is 17.9 Å². The second kappa shape index (κ2) is 9.53. The van der Waals surface area contributed by atoms with Crippen LogP contribution in [0.2, 0.25) is 0 Å². The molecular weight excluding hydrogens is 405 g/mol. The molecule has 2 aromatic carbocycles. The van der Waals surface area contributed by atoms with Gasteiger partial charge >= 0.3 is 0 Å². The first-order chi connectivity index (χ1) is 14.3. The lowest BCUT2D eigenvalue weighted by Gasteiger charge is -2.13. The number of carbonyl (C=O) groups is 2. The molecule has 0 radical (unpaired) electrons. The highest BCUT2D eigenvalue weighted by molar-refractivity contribution is 7.99. The molecule has 1 aromatic heterocycles. The monoisotopic (exact) mass is 427 g/mol. The topological polar surface area (TPSA) is 99.8 Å². The van der Waals surface area contributed by atoms with Crippen molar-refractivity contribution in [3.63, 3.8) is 0 Å². The maximum absolute atomic E-state index is 13.8. The van der Waals surface area contributed by atoms with Gasteiger partial charge in [-0.1, -0.05) is 41.6 Å². The lowest BCUT2D eigenvalue weighted by molar-refractivity contribution is -0.122. The Morgan fingerprint density at radius 3 is 2.50 bits per heavy atom. The van der Waals surface area contributed by atoms with E-state index in [1.807, 2.05) is 32.9 Å². The van der Waals surface area contributed by atoms with Gasteiger partial charge < -0.3 is 10.6 Å². The van der Waals surface area contributed by atoms with Gasteiger partial charge in [-0.2, -0.15) is 0 Å². The molecule has 30 heavy (non-hydrogen) atoms. The Balaban J connectivity index is 1.48. The number of amides is 2. The number of H-pyrrole nitrogens is 1. The summed E-state index contributed by atoms with van der Waals surface area (Å²) in [5, 5.41) is 12.4. The number of benzene rings is 2. The number of nitrogens with one attached hydrogen (secondary N) is 3. The van der Waals surface area contributed by atoms with Crippen LogP contribution in [0.4, 0.5) is 10.1 Å². The van der Waals surface area contributed by atoms with E-state index in [1.165, 1.54) is 6.07 Å². The van der Waals surface area contributed by atoms with Crippen LogP contribution in [0.15, 0.2) is 41.6 Å². The third-order valence-corrected chi connectivity index (χ3v) is 5.16. The van der Waals surface area contributed by atoms with E-state index in [0.29, 0.717) is 16.5 Å². The molecule has 9 heteroatoms. The van der Waals surface area contributed by atoms with Gasteiger partial charge in [-0.3, -0.25) is 14.7 Å². The molecule has 0 aliphatic carbocycles. The van der Waals surface area contributed by atoms with Gasteiger partial charge in [-0.15, -0.1) is 5.10 Å². The van der Waals surface area contributed by atoms with E-state index in [-0.39, 0.29) is 24.1 Å². The molecule has 0 fully saturated rings. The Hall–Kier alpha value is -3.20. The fraction of sp³-hybridized carbons (Fsp3) is 0.238. The molecule has 0 unspecified atom stereocenters. The summed E-state index contributed by atoms with van der Waals surface area (Å²) < 4.78 is 13.8. The Bertz CT molecular complexity index is 1060. The number of nitrogens with zero attached hydrogens (tertiary/aromatic N) is 2. The molecule has 0 atom stereocenters. The van der Waals surface area contributed by atoms with Gasteiger partial charge in [-0.05, 0) is 44.0 Å². The van der Waals surface area contributed by atoms with E-state index in [9.17, 15) is 14.0 Å². The summed E-state index contributed by atoms with van der Waals surface area (Å²) in [6.45, 7) is 5.71. The second-order valence-corrected chi connectivity index (χ2v) is 7.78. The molecule has 3 aromatic rings. The van der Waals surface area contributed by atoms with E-state index in [1.54, 1.807) is 18.2 Å². The minimum absolute atomic E-state index is 0.0322. The molecular formula is C21H22FN5O2S. The molecule has 2 amide bonds. The number of hydrogen-bond donors (Lipinski definition) is 3. The van der Waals surface area contributed by atoms with E-state index in [0.717, 1.165) is 34.1 Å². The first-order valence-corrected chi connectivity index (χ1v) is 10.3. The minimum atomic E-state index is -0.409. The summed E-state index contributed by atoms with van der Waals surface area (Å²) in [7, 11) is 0. The summed E-state index contributed by atoms with van der Waals surface area (Å²) in [6.07, 6.45) is 0. The Kier molecular flexibility index (Phi) is 6.83. The highest BCUT2D eigenvalue weighted by Gasteiger charge is 2.13. The van der Waals surface area contributed by atoms with Crippen molar-refractivity contribution in [3.8, 4) is 11.4 Å². The number of aryl methyl sites for hydroxylation is 3. The Morgan fingerprint density at radius 2 is 1.80 bits per heavy atom. The number of rotatable bonds is 7. The van der Waals surface area contributed by atoms with E-state index in [4.69, 9.17) is 0 Å². The molecule has 0 bridgehead atoms. The molecule has 3 N–H and O–H groups in total. The van der Waals surface area contributed by atoms with E-state index in [2.05, 4.69) is 25.8 Å². The highest BCUT2D eigenvalue weighted by atomic mass is 32.2. The van der Waals surface area contributed by atoms with Gasteiger partial charge in [0.15, 0.2) is 5.82 Å². The number of aromatic nitrogens is 3. The zero-order valence-corrected chi connectivity index (χ0v) is 17.7. The second-order valence-electron chi connectivity index (χ2n) is 6.83. The van der Waals surface area contributed by atoms with Crippen LogP contribution in [0, 0.1) is 26.6 Å². The van der Waals surface area contributed by atoms with Gasteiger partial charge in [0, 0.05) is 5.69 Å². The van der Waals surface area contributed by atoms with Crippen LogP contribution in [-0.2, 0) is 9.59 Å². The number of aromatic amines is 1. The quantitative estimate of drug-likeness (QED) is 0.502. The van der Waals surface area contributed by atoms with Gasteiger partial charge in [-0.25, -0.2) is 9.37 Å². The van der Waals surface area contributed by atoms with Crippen molar-refractivity contribution in [1.82, 2.24) is 20.5 Å². The van der Waals surface area contributed by atoms with Gasteiger partial charge in [0.25, 0.3) is 0 Å². The van der Waals surface area contributed by atoms with Crippen molar-refractivity contribution in [2.75, 3.05) is 17.6 Å². The predicted molar refractivity (Wildman–Crippen MR) is 115 cm³/mol. The number of carbonyl (C=O) groups excluding carboxylic acids is 2. The SMILES string of the molecule is Cc1cc(C)c(NC(=O)CNC(=O)CSc2n[nH]c(-c3ccccc3F)n2)c(C)c1. The maximum atomic E-state index is 13.8. The smallest absolute Gasteiger partial charge is 0.243 e. The molecule has 0 saturated heterocycles. The van der Waals surface area contributed by atoms with Crippen LogP contribution < -0.4 is 10.6 Å². The van der Waals surface area contributed by atoms with Crippen LogP contribution >= 0.6 is 11.8 Å². The molecule has 1 heterocycles. The lowest BCUT2D eigenvalue weighted by Crippen LogP contribution is -2.34. The van der Waals surface area contributed by atoms with Gasteiger partial charge in [0.2, 0.25) is 17.0 Å². The van der Waals surface area contributed by atoms with Crippen LogP contribution in [0.1, 0.15) is 16.7 Å². The molecule has 0 aliphatic rings. The van der Waals surface area contributed by atoms with Crippen molar-refractivity contribution < 1.29 is 14.0 Å². The number of hydrogen-bond acceptors (Lipinski definition) is 5. The molecule has 3 rings (SSSR count). The van der Waals surface area contributed by atoms with Crippen molar-refractivity contribution in [2.45, 2.75) is 25.9 Å². The first kappa shape index (κ1) is 21.5. The highest BCUT2D eigenvalue weighted by Crippen LogP contribution is 2.22. The summed E-state index contributed by atoms with van der Waals surface area (Å²) in [4.78, 5) is 28.4. The van der Waals surface area contributed by atoms with Gasteiger partial charge in [0.1, 0.15) is 5.82 Å². The number of halogens is 1. The predicted octanol–water partition coefficient (Wildman–Crippen LogP) is 3.38. The first-order valence-electron chi connectivity index (χ1n) is 9.28. The summed E-state index contributed by atoms with van der Waals surface area (Å²) >= 11 is 1.09. The van der Waals surface area contributed by atoms with Crippen LogP contribution in [0.25, 0.3) is 11.4 Å². The molecule has 0 spiro atoms. The Morgan fingerprint density at radius 1 is 1.10 bits per heavy atom. The summed E-state index contributed by atoms with van der Waals surface area (Å²) in [5.41, 5.74) is 4.13. The summed E-state index contributed by atoms with van der Waals surface area (Å²) in [5.74, 6) is -0.718.